The summed E-state index contributed by atoms with van der Waals surface area (Å²) in [6.07, 6.45) is 1.74. The first kappa shape index (κ1) is 43.2. The molecule has 0 spiro atoms. The van der Waals surface area contributed by atoms with Crippen LogP contribution in [0, 0.1) is 11.6 Å². The van der Waals surface area contributed by atoms with Gasteiger partial charge in [-0.05, 0) is 86.1 Å². The molecule has 6 rings (SSSR count). The lowest BCUT2D eigenvalue weighted by atomic mass is 9.71. The minimum absolute atomic E-state index is 0. The molecule has 0 N–H and O–H groups in total. The highest BCUT2D eigenvalue weighted by atomic mass is 35.5. The average Bonchev–Trinajstić information content (AvgIpc) is 3.23. The molecule has 0 saturated carbocycles. The van der Waals surface area contributed by atoms with E-state index in [-0.39, 0.29) is 54.5 Å². The number of piperidine rings is 2. The summed E-state index contributed by atoms with van der Waals surface area (Å²) in [6.45, 7) is 14.6. The van der Waals surface area contributed by atoms with Crippen LogP contribution in [0.2, 0.25) is 0 Å². The molecule has 2 unspecified atom stereocenters. The maximum Gasteiger partial charge on any atom is 0.316 e. The first-order valence-electron chi connectivity index (χ1n) is 19.4. The van der Waals surface area contributed by atoms with Crippen molar-refractivity contribution >= 4 is 30.1 Å². The standard InChI is InChI=1S/C47H50F2N2O5.ClH/c1-5-55-44(53)46(37-13-9-7-10-14-37)25-29-50(30-26-46)41(35-17-21-39(48)22-18-35)33(3)43(52)34(4)42(36-19-23-40(49)24-20-36)51-31-27-47(28-32-51,45(54)56-6-2)38-15-11-8-12-16-38;/h7-24,41-42H,3-6,25-32H2,1-2H3;1H. The molecular weight excluding hydrogens is 746 g/mol. The number of Topliss-reactive ketones (excluding diaryl/α,β-unsaturated/α-hetero) is 1. The van der Waals surface area contributed by atoms with Crippen molar-refractivity contribution in [2.45, 2.75) is 62.4 Å². The molecule has 4 aromatic carbocycles. The Bertz CT molecular complexity index is 1860. The molecule has 0 amide bonds. The summed E-state index contributed by atoms with van der Waals surface area (Å²) in [5, 5.41) is 0. The van der Waals surface area contributed by atoms with Crippen LogP contribution in [0.25, 0.3) is 0 Å². The third-order valence-electron chi connectivity index (χ3n) is 11.6. The zero-order chi connectivity index (χ0) is 39.9. The van der Waals surface area contributed by atoms with Crippen molar-refractivity contribution in [1.82, 2.24) is 9.80 Å². The molecule has 2 saturated heterocycles. The molecule has 0 aromatic heterocycles. The molecule has 10 heteroatoms. The van der Waals surface area contributed by atoms with Crippen molar-refractivity contribution in [3.63, 3.8) is 0 Å². The number of rotatable bonds is 14. The molecule has 0 radical (unpaired) electrons. The maximum atomic E-state index is 14.8. The van der Waals surface area contributed by atoms with Gasteiger partial charge in [0.2, 0.25) is 0 Å². The third-order valence-corrected chi connectivity index (χ3v) is 11.6. The fraction of sp³-hybridized carbons (Fsp3) is 0.340. The predicted octanol–water partition coefficient (Wildman–Crippen LogP) is 9.04. The summed E-state index contributed by atoms with van der Waals surface area (Å²) >= 11 is 0. The quantitative estimate of drug-likeness (QED) is 0.0932. The van der Waals surface area contributed by atoms with Crippen LogP contribution in [-0.4, -0.2) is 66.9 Å². The van der Waals surface area contributed by atoms with E-state index < -0.39 is 34.5 Å². The number of esters is 2. The van der Waals surface area contributed by atoms with Crippen LogP contribution in [-0.2, 0) is 34.7 Å². The van der Waals surface area contributed by atoms with Gasteiger partial charge in [-0.1, -0.05) is 98.1 Å². The fourth-order valence-electron chi connectivity index (χ4n) is 8.61. The smallest absolute Gasteiger partial charge is 0.316 e. The van der Waals surface area contributed by atoms with Crippen LogP contribution in [0.15, 0.2) is 133 Å². The van der Waals surface area contributed by atoms with Gasteiger partial charge >= 0.3 is 11.9 Å². The Morgan fingerprint density at radius 3 is 1.19 bits per heavy atom. The number of likely N-dealkylation sites (tertiary alicyclic amines) is 2. The lowest BCUT2D eigenvalue weighted by Gasteiger charge is -2.45. The Kier molecular flexibility index (Phi) is 14.4. The molecule has 4 aromatic rings. The van der Waals surface area contributed by atoms with E-state index in [4.69, 9.17) is 9.47 Å². The van der Waals surface area contributed by atoms with Crippen LogP contribution in [0.5, 0.6) is 0 Å². The molecule has 2 aliphatic heterocycles. The number of hydrogen-bond acceptors (Lipinski definition) is 7. The zero-order valence-electron chi connectivity index (χ0n) is 32.6. The number of carbonyl (C=O) groups excluding carboxylic acids is 3. The largest absolute Gasteiger partial charge is 0.465 e. The van der Waals surface area contributed by atoms with Crippen molar-refractivity contribution in [2.75, 3.05) is 39.4 Å². The van der Waals surface area contributed by atoms with Crippen LogP contribution >= 0.6 is 12.4 Å². The molecule has 0 bridgehead atoms. The number of ketones is 1. The van der Waals surface area contributed by atoms with Crippen LogP contribution in [0.1, 0.15) is 73.9 Å². The summed E-state index contributed by atoms with van der Waals surface area (Å²) in [4.78, 5) is 46.2. The van der Waals surface area contributed by atoms with E-state index in [1.54, 1.807) is 38.1 Å². The Morgan fingerprint density at radius 2 is 0.895 bits per heavy atom. The van der Waals surface area contributed by atoms with Gasteiger partial charge in [0.25, 0.3) is 0 Å². The van der Waals surface area contributed by atoms with Gasteiger partial charge in [0.15, 0.2) is 5.78 Å². The van der Waals surface area contributed by atoms with Crippen molar-refractivity contribution in [2.24, 2.45) is 0 Å². The van der Waals surface area contributed by atoms with Crippen molar-refractivity contribution in [1.29, 1.82) is 0 Å². The average molecular weight is 797 g/mol. The van der Waals surface area contributed by atoms with Gasteiger partial charge in [-0.2, -0.15) is 0 Å². The van der Waals surface area contributed by atoms with Gasteiger partial charge in [-0.3, -0.25) is 24.2 Å². The summed E-state index contributed by atoms with van der Waals surface area (Å²) in [6, 6.07) is 30.0. The van der Waals surface area contributed by atoms with E-state index in [1.807, 2.05) is 60.7 Å². The van der Waals surface area contributed by atoms with E-state index in [0.29, 0.717) is 63.0 Å². The summed E-state index contributed by atoms with van der Waals surface area (Å²) < 4.78 is 39.8. The second kappa shape index (κ2) is 19.0. The SMILES string of the molecule is C=C(C(=O)C(=C)C(c1ccc(F)cc1)N1CCC(C(=O)OCC)(c2ccccc2)CC1)C(c1ccc(F)cc1)N1CCC(C(=O)OCC)(c2ccccc2)CC1.Cl. The number of ether oxygens (including phenoxy) is 2. The van der Waals surface area contributed by atoms with Gasteiger partial charge in [-0.15, -0.1) is 12.4 Å². The molecule has 300 valence electrons. The van der Waals surface area contributed by atoms with E-state index in [9.17, 15) is 23.2 Å². The molecular formula is C47H51ClF2N2O5. The highest BCUT2D eigenvalue weighted by Gasteiger charge is 2.48. The second-order valence-electron chi connectivity index (χ2n) is 14.7. The van der Waals surface area contributed by atoms with Crippen LogP contribution < -0.4 is 0 Å². The van der Waals surface area contributed by atoms with Crippen LogP contribution in [0.4, 0.5) is 8.78 Å². The summed E-state index contributed by atoms with van der Waals surface area (Å²) in [7, 11) is 0. The molecule has 7 nitrogen and oxygen atoms in total. The number of nitrogens with zero attached hydrogens (tertiary/aromatic N) is 2. The highest BCUT2D eigenvalue weighted by Crippen LogP contribution is 2.44. The van der Waals surface area contributed by atoms with Crippen molar-refractivity contribution < 1.29 is 32.6 Å². The van der Waals surface area contributed by atoms with E-state index in [2.05, 4.69) is 23.0 Å². The van der Waals surface area contributed by atoms with Gasteiger partial charge in [-0.25, -0.2) is 8.78 Å². The van der Waals surface area contributed by atoms with Gasteiger partial charge in [0.1, 0.15) is 11.6 Å². The summed E-state index contributed by atoms with van der Waals surface area (Å²) in [5.74, 6) is -1.75. The predicted molar refractivity (Wildman–Crippen MR) is 220 cm³/mol. The van der Waals surface area contributed by atoms with E-state index in [0.717, 1.165) is 11.1 Å². The normalized spacial score (nSPS) is 17.6. The van der Waals surface area contributed by atoms with Gasteiger partial charge < -0.3 is 9.47 Å². The topological polar surface area (TPSA) is 76.2 Å². The fourth-order valence-corrected chi connectivity index (χ4v) is 8.61. The molecule has 2 fully saturated rings. The lowest BCUT2D eigenvalue weighted by Crippen LogP contribution is -2.50. The maximum absolute atomic E-state index is 14.8. The minimum Gasteiger partial charge on any atom is -0.465 e. The van der Waals surface area contributed by atoms with Crippen molar-refractivity contribution in [3.05, 3.63) is 167 Å². The Labute approximate surface area is 340 Å². The molecule has 57 heavy (non-hydrogen) atoms. The van der Waals surface area contributed by atoms with Gasteiger partial charge in [0, 0.05) is 37.3 Å². The lowest BCUT2D eigenvalue weighted by molar-refractivity contribution is -0.153. The van der Waals surface area contributed by atoms with E-state index in [1.165, 1.54) is 24.3 Å². The highest BCUT2D eigenvalue weighted by molar-refractivity contribution is 6.09. The number of halogens is 3. The molecule has 2 aliphatic rings. The minimum atomic E-state index is -0.865. The second-order valence-corrected chi connectivity index (χ2v) is 14.7. The monoisotopic (exact) mass is 796 g/mol. The van der Waals surface area contributed by atoms with E-state index >= 15 is 0 Å². The number of carbonyl (C=O) groups is 3. The molecule has 2 heterocycles. The summed E-state index contributed by atoms with van der Waals surface area (Å²) in [5.41, 5.74) is 1.88. The zero-order valence-corrected chi connectivity index (χ0v) is 33.4. The Hall–Kier alpha value is -4.96. The number of hydrogen-bond donors (Lipinski definition) is 0. The van der Waals surface area contributed by atoms with Crippen LogP contribution in [0.3, 0.4) is 0 Å². The Morgan fingerprint density at radius 1 is 0.579 bits per heavy atom. The first-order valence-corrected chi connectivity index (χ1v) is 19.4. The molecule has 0 aliphatic carbocycles. The molecule has 2 atom stereocenters. The van der Waals surface area contributed by atoms with Crippen molar-refractivity contribution in [3.8, 4) is 0 Å². The first-order chi connectivity index (χ1) is 27.0. The number of benzene rings is 4. The Balaban J connectivity index is 0.00000620. The third kappa shape index (κ3) is 8.96. The van der Waals surface area contributed by atoms with Gasteiger partial charge in [0.05, 0.1) is 36.1 Å².